The second kappa shape index (κ2) is 11.4. The van der Waals surface area contributed by atoms with E-state index in [1.54, 1.807) is 18.2 Å². The summed E-state index contributed by atoms with van der Waals surface area (Å²) in [5.74, 6) is 0.724. The van der Waals surface area contributed by atoms with E-state index in [1.807, 2.05) is 24.3 Å². The molecular formula is C23H22Cl3N5OS. The molecule has 1 heterocycles. The summed E-state index contributed by atoms with van der Waals surface area (Å²) in [6, 6.07) is 13.0. The number of carbonyl (C=O) groups is 1. The monoisotopic (exact) mass is 521 g/mol. The summed E-state index contributed by atoms with van der Waals surface area (Å²) in [5, 5.41) is 15.3. The number of hydrazone groups is 1. The van der Waals surface area contributed by atoms with Crippen molar-refractivity contribution >= 4 is 58.7 Å². The molecule has 2 aromatic carbocycles. The molecule has 0 unspecified atom stereocenters. The van der Waals surface area contributed by atoms with Gasteiger partial charge in [0.15, 0.2) is 11.0 Å². The van der Waals surface area contributed by atoms with E-state index in [0.29, 0.717) is 26.7 Å². The number of benzene rings is 2. The Bertz CT molecular complexity index is 1140. The van der Waals surface area contributed by atoms with Gasteiger partial charge < -0.3 is 0 Å². The van der Waals surface area contributed by atoms with Gasteiger partial charge in [-0.1, -0.05) is 71.9 Å². The molecular weight excluding hydrogens is 501 g/mol. The van der Waals surface area contributed by atoms with Gasteiger partial charge in [0.05, 0.1) is 17.0 Å². The molecule has 1 saturated carbocycles. The molecule has 0 aliphatic heterocycles. The lowest BCUT2D eigenvalue weighted by molar-refractivity contribution is -0.118. The van der Waals surface area contributed by atoms with Crippen LogP contribution in [0.1, 0.15) is 43.7 Å². The van der Waals surface area contributed by atoms with E-state index in [-0.39, 0.29) is 11.7 Å². The summed E-state index contributed by atoms with van der Waals surface area (Å²) in [6.07, 6.45) is 7.24. The Labute approximate surface area is 211 Å². The van der Waals surface area contributed by atoms with Crippen molar-refractivity contribution in [2.24, 2.45) is 5.10 Å². The number of aromatic nitrogens is 3. The predicted octanol–water partition coefficient (Wildman–Crippen LogP) is 6.65. The van der Waals surface area contributed by atoms with E-state index in [1.165, 1.54) is 37.2 Å². The third kappa shape index (κ3) is 6.29. The maximum absolute atomic E-state index is 12.4. The van der Waals surface area contributed by atoms with Gasteiger partial charge in [0.1, 0.15) is 0 Å². The summed E-state index contributed by atoms with van der Waals surface area (Å²) in [6.45, 7) is 0. The lowest BCUT2D eigenvalue weighted by Gasteiger charge is -2.25. The maximum Gasteiger partial charge on any atom is 0.250 e. The smallest absolute Gasteiger partial charge is 0.250 e. The van der Waals surface area contributed by atoms with Gasteiger partial charge >= 0.3 is 0 Å². The molecule has 0 saturated heterocycles. The Morgan fingerprint density at radius 1 is 1.06 bits per heavy atom. The Morgan fingerprint density at radius 2 is 1.79 bits per heavy atom. The summed E-state index contributed by atoms with van der Waals surface area (Å²) in [7, 11) is 0. The van der Waals surface area contributed by atoms with Crippen LogP contribution in [0.15, 0.2) is 52.7 Å². The molecule has 0 atom stereocenters. The van der Waals surface area contributed by atoms with Crippen molar-refractivity contribution in [3.8, 4) is 11.4 Å². The molecule has 172 valence electrons. The summed E-state index contributed by atoms with van der Waals surface area (Å²) in [4.78, 5) is 12.4. The molecule has 33 heavy (non-hydrogen) atoms. The number of nitrogens with one attached hydrogen (secondary N) is 1. The fourth-order valence-corrected chi connectivity index (χ4v) is 5.16. The number of carbonyl (C=O) groups excluding carboxylic acids is 1. The number of hydrogen-bond donors (Lipinski definition) is 1. The normalized spacial score (nSPS) is 14.6. The molecule has 0 radical (unpaired) electrons. The average Bonchev–Trinajstić information content (AvgIpc) is 3.24. The minimum atomic E-state index is -0.243. The first kappa shape index (κ1) is 24.1. The lowest BCUT2D eigenvalue weighted by atomic mass is 9.95. The van der Waals surface area contributed by atoms with Gasteiger partial charge in [0, 0.05) is 27.2 Å². The van der Waals surface area contributed by atoms with E-state index in [4.69, 9.17) is 34.8 Å². The highest BCUT2D eigenvalue weighted by molar-refractivity contribution is 7.99. The first-order valence-electron chi connectivity index (χ1n) is 10.6. The second-order valence-electron chi connectivity index (χ2n) is 7.72. The molecule has 0 bridgehead atoms. The zero-order valence-electron chi connectivity index (χ0n) is 17.7. The van der Waals surface area contributed by atoms with Gasteiger partial charge in [-0.05, 0) is 49.2 Å². The zero-order valence-corrected chi connectivity index (χ0v) is 20.8. The van der Waals surface area contributed by atoms with Crippen LogP contribution in [0.5, 0.6) is 0 Å². The van der Waals surface area contributed by atoms with Crippen LogP contribution in [-0.4, -0.2) is 32.6 Å². The number of hydrogen-bond acceptors (Lipinski definition) is 5. The largest absolute Gasteiger partial charge is 0.299 e. The van der Waals surface area contributed by atoms with Crippen LogP contribution in [0, 0.1) is 0 Å². The number of thioether (sulfide) groups is 1. The van der Waals surface area contributed by atoms with Crippen molar-refractivity contribution < 1.29 is 4.79 Å². The topological polar surface area (TPSA) is 72.2 Å². The molecule has 1 aliphatic rings. The summed E-state index contributed by atoms with van der Waals surface area (Å²) in [5.41, 5.74) is 4.16. The molecule has 1 aromatic heterocycles. The highest BCUT2D eigenvalue weighted by Gasteiger charge is 2.24. The minimum Gasteiger partial charge on any atom is -0.299 e. The molecule has 4 rings (SSSR count). The third-order valence-corrected chi connectivity index (χ3v) is 7.15. The molecule has 1 fully saturated rings. The average molecular weight is 523 g/mol. The summed E-state index contributed by atoms with van der Waals surface area (Å²) >= 11 is 19.4. The minimum absolute atomic E-state index is 0.164. The van der Waals surface area contributed by atoms with Gasteiger partial charge in [-0.25, -0.2) is 5.43 Å². The van der Waals surface area contributed by atoms with Crippen molar-refractivity contribution in [2.75, 3.05) is 5.75 Å². The van der Waals surface area contributed by atoms with E-state index >= 15 is 0 Å². The first-order valence-corrected chi connectivity index (χ1v) is 12.7. The van der Waals surface area contributed by atoms with E-state index in [0.717, 1.165) is 29.4 Å². The van der Waals surface area contributed by atoms with E-state index in [2.05, 4.69) is 25.3 Å². The second-order valence-corrected chi connectivity index (χ2v) is 9.95. The van der Waals surface area contributed by atoms with Gasteiger partial charge in [-0.15, -0.1) is 10.2 Å². The van der Waals surface area contributed by atoms with Gasteiger partial charge in [0.25, 0.3) is 5.91 Å². The number of rotatable bonds is 7. The van der Waals surface area contributed by atoms with Gasteiger partial charge in [-0.2, -0.15) is 5.10 Å². The quantitative estimate of drug-likeness (QED) is 0.214. The number of amides is 1. The molecule has 0 spiro atoms. The molecule has 1 N–H and O–H groups in total. The van der Waals surface area contributed by atoms with Crippen molar-refractivity contribution in [3.05, 3.63) is 63.1 Å². The maximum atomic E-state index is 12.4. The Morgan fingerprint density at radius 3 is 2.52 bits per heavy atom. The van der Waals surface area contributed by atoms with Crippen LogP contribution in [0.2, 0.25) is 15.1 Å². The fraction of sp³-hybridized carbons (Fsp3) is 0.304. The zero-order chi connectivity index (χ0) is 23.2. The SMILES string of the molecule is O=C(CSc1nnc(-c2ccc(Cl)cc2)n1C1CCCCC1)N/N=C\c1ccc(Cl)cc1Cl. The van der Waals surface area contributed by atoms with Crippen LogP contribution in [0.25, 0.3) is 11.4 Å². The Kier molecular flexibility index (Phi) is 8.30. The van der Waals surface area contributed by atoms with E-state index < -0.39 is 0 Å². The molecule has 10 heteroatoms. The highest BCUT2D eigenvalue weighted by Crippen LogP contribution is 2.35. The standard InChI is InChI=1S/C23H22Cl3N5OS/c24-17-9-6-15(7-10-17)22-29-30-23(31(22)19-4-2-1-3-5-19)33-14-21(32)28-27-13-16-8-11-18(25)12-20(16)26/h6-13,19H,1-5,14H2,(H,28,32)/b27-13-. The third-order valence-electron chi connectivity index (χ3n) is 5.39. The van der Waals surface area contributed by atoms with Crippen molar-refractivity contribution in [3.63, 3.8) is 0 Å². The Balaban J connectivity index is 1.45. The van der Waals surface area contributed by atoms with Crippen LogP contribution < -0.4 is 5.43 Å². The summed E-state index contributed by atoms with van der Waals surface area (Å²) < 4.78 is 2.18. The van der Waals surface area contributed by atoms with Crippen LogP contribution >= 0.6 is 46.6 Å². The van der Waals surface area contributed by atoms with Crippen LogP contribution in [0.4, 0.5) is 0 Å². The van der Waals surface area contributed by atoms with Gasteiger partial charge in [-0.3, -0.25) is 9.36 Å². The van der Waals surface area contributed by atoms with Crippen LogP contribution in [-0.2, 0) is 4.79 Å². The van der Waals surface area contributed by atoms with Crippen molar-refractivity contribution in [2.45, 2.75) is 43.3 Å². The van der Waals surface area contributed by atoms with Crippen molar-refractivity contribution in [1.29, 1.82) is 0 Å². The molecule has 1 amide bonds. The predicted molar refractivity (Wildman–Crippen MR) is 136 cm³/mol. The molecule has 3 aromatic rings. The number of halogens is 3. The number of nitrogens with zero attached hydrogens (tertiary/aromatic N) is 4. The molecule has 1 aliphatic carbocycles. The highest BCUT2D eigenvalue weighted by atomic mass is 35.5. The first-order chi connectivity index (χ1) is 16.0. The lowest BCUT2D eigenvalue weighted by Crippen LogP contribution is -2.20. The van der Waals surface area contributed by atoms with E-state index in [9.17, 15) is 4.79 Å². The molecule has 6 nitrogen and oxygen atoms in total. The van der Waals surface area contributed by atoms with Crippen LogP contribution in [0.3, 0.4) is 0 Å². The Hall–Kier alpha value is -2.06. The fourth-order valence-electron chi connectivity index (χ4n) is 3.78. The van der Waals surface area contributed by atoms with Crippen molar-refractivity contribution in [1.82, 2.24) is 20.2 Å². The van der Waals surface area contributed by atoms with Gasteiger partial charge in [0.2, 0.25) is 0 Å².